The van der Waals surface area contributed by atoms with Crippen molar-refractivity contribution in [1.82, 2.24) is 4.90 Å². The van der Waals surface area contributed by atoms with E-state index in [1.54, 1.807) is 0 Å². The van der Waals surface area contributed by atoms with Crippen molar-refractivity contribution in [2.45, 2.75) is 44.6 Å². The van der Waals surface area contributed by atoms with Crippen molar-refractivity contribution in [3.8, 4) is 6.07 Å². The van der Waals surface area contributed by atoms with Crippen molar-refractivity contribution >= 4 is 23.1 Å². The largest absolute Gasteiger partial charge is 0.343 e. The molecule has 2 aromatic rings. The Balaban J connectivity index is 0.000000172. The van der Waals surface area contributed by atoms with E-state index in [0.717, 1.165) is 35.2 Å². The van der Waals surface area contributed by atoms with Gasteiger partial charge in [0, 0.05) is 17.3 Å². The number of benzene rings is 2. The van der Waals surface area contributed by atoms with E-state index in [9.17, 15) is 0 Å². The van der Waals surface area contributed by atoms with Crippen LogP contribution in [-0.4, -0.2) is 31.0 Å². The van der Waals surface area contributed by atoms with Crippen LogP contribution in [0.25, 0.3) is 0 Å². The minimum atomic E-state index is 0.305. The number of nitriles is 1. The maximum Gasteiger partial charge on any atom is 0.117 e. The Morgan fingerprint density at radius 3 is 2.70 bits per heavy atom. The van der Waals surface area contributed by atoms with Gasteiger partial charge in [-0.25, -0.2) is 0 Å². The van der Waals surface area contributed by atoms with Crippen molar-refractivity contribution in [1.29, 1.82) is 5.26 Å². The van der Waals surface area contributed by atoms with Crippen LogP contribution in [0.5, 0.6) is 0 Å². The van der Waals surface area contributed by atoms with Crippen LogP contribution in [0.2, 0.25) is 5.02 Å². The molecule has 1 heterocycles. The molecule has 158 valence electrons. The first-order chi connectivity index (χ1) is 14.6. The lowest BCUT2D eigenvalue weighted by Gasteiger charge is -2.21. The highest BCUT2D eigenvalue weighted by Crippen LogP contribution is 2.32. The molecule has 0 atom stereocenters. The first-order valence-electron chi connectivity index (χ1n) is 10.6. The molecule has 0 bridgehead atoms. The van der Waals surface area contributed by atoms with E-state index in [-0.39, 0.29) is 0 Å². The number of rotatable bonds is 2. The highest BCUT2D eigenvalue weighted by Gasteiger charge is 2.16. The molecule has 5 nitrogen and oxygen atoms in total. The number of hydrogen-bond acceptors (Lipinski definition) is 4. The summed E-state index contributed by atoms with van der Waals surface area (Å²) < 4.78 is 0. The molecule has 1 saturated carbocycles. The van der Waals surface area contributed by atoms with Gasteiger partial charge in [-0.05, 0) is 67.3 Å². The molecule has 4 rings (SSSR count). The molecule has 1 fully saturated rings. The number of halogens is 1. The van der Waals surface area contributed by atoms with Gasteiger partial charge in [-0.1, -0.05) is 43.0 Å². The van der Waals surface area contributed by atoms with Crippen LogP contribution in [0.1, 0.15) is 54.7 Å². The Kier molecular flexibility index (Phi) is 8.27. The molecule has 0 unspecified atom stereocenters. The topological polar surface area (TPSA) is 77.4 Å². The van der Waals surface area contributed by atoms with Crippen LogP contribution < -0.4 is 11.1 Å². The average molecular weight is 424 g/mol. The van der Waals surface area contributed by atoms with Gasteiger partial charge in [0.15, 0.2) is 0 Å². The van der Waals surface area contributed by atoms with Crippen LogP contribution >= 0.6 is 11.6 Å². The second-order valence-electron chi connectivity index (χ2n) is 7.96. The van der Waals surface area contributed by atoms with Gasteiger partial charge >= 0.3 is 0 Å². The van der Waals surface area contributed by atoms with Gasteiger partial charge in [0.2, 0.25) is 0 Å². The third-order valence-corrected chi connectivity index (χ3v) is 5.82. The fourth-order valence-electron chi connectivity index (χ4n) is 4.11. The molecule has 3 N–H and O–H groups in total. The van der Waals surface area contributed by atoms with Gasteiger partial charge in [0.25, 0.3) is 0 Å². The zero-order chi connectivity index (χ0) is 21.3. The van der Waals surface area contributed by atoms with E-state index in [2.05, 4.69) is 33.4 Å². The molecular formula is C24H30ClN5. The first kappa shape index (κ1) is 22.3. The van der Waals surface area contributed by atoms with Gasteiger partial charge in [-0.2, -0.15) is 5.26 Å². The first-order valence-corrected chi connectivity index (χ1v) is 10.9. The molecule has 2 aromatic carbocycles. The van der Waals surface area contributed by atoms with Crippen molar-refractivity contribution in [2.75, 3.05) is 25.6 Å². The number of anilines is 1. The van der Waals surface area contributed by atoms with E-state index < -0.39 is 0 Å². The number of likely N-dealkylation sites (N-methyl/N-ethyl adjacent to an activating group) is 1. The van der Waals surface area contributed by atoms with E-state index in [1.807, 2.05) is 37.4 Å². The molecular weight excluding hydrogens is 394 g/mol. The number of nitrogens with zero attached hydrogens (tertiary/aromatic N) is 3. The number of aliphatic imine (C=N–C) groups is 1. The van der Waals surface area contributed by atoms with E-state index in [0.29, 0.717) is 12.6 Å². The minimum Gasteiger partial charge on any atom is -0.343 e. The van der Waals surface area contributed by atoms with Gasteiger partial charge in [0.05, 0.1) is 24.8 Å². The fourth-order valence-corrected chi connectivity index (χ4v) is 4.30. The monoisotopic (exact) mass is 423 g/mol. The lowest BCUT2D eigenvalue weighted by molar-refractivity contribution is 0.377. The molecule has 0 spiro atoms. The molecule has 0 radical (unpaired) electrons. The summed E-state index contributed by atoms with van der Waals surface area (Å²) in [5, 5.41) is 12.9. The zero-order valence-corrected chi connectivity index (χ0v) is 18.3. The summed E-state index contributed by atoms with van der Waals surface area (Å²) >= 11 is 5.98. The summed E-state index contributed by atoms with van der Waals surface area (Å²) in [7, 11) is 2.05. The summed E-state index contributed by atoms with van der Waals surface area (Å²) in [4.78, 5) is 6.39. The molecule has 1 aliphatic carbocycles. The molecule has 1 aliphatic heterocycles. The van der Waals surface area contributed by atoms with E-state index in [4.69, 9.17) is 22.6 Å². The minimum absolute atomic E-state index is 0.305. The predicted octanol–water partition coefficient (Wildman–Crippen LogP) is 5.12. The highest BCUT2D eigenvalue weighted by atomic mass is 35.5. The average Bonchev–Trinajstić information content (AvgIpc) is 2.92. The summed E-state index contributed by atoms with van der Waals surface area (Å²) in [5.74, 6) is 1.60. The van der Waals surface area contributed by atoms with Gasteiger partial charge in [-0.3, -0.25) is 9.89 Å². The second-order valence-corrected chi connectivity index (χ2v) is 8.39. The number of fused-ring (bicyclic) bond motifs is 1. The van der Waals surface area contributed by atoms with Crippen LogP contribution in [0, 0.1) is 11.3 Å². The smallest absolute Gasteiger partial charge is 0.117 e. The van der Waals surface area contributed by atoms with E-state index >= 15 is 0 Å². The summed E-state index contributed by atoms with van der Waals surface area (Å²) in [6.45, 7) is 1.93. The van der Waals surface area contributed by atoms with Crippen molar-refractivity contribution in [3.63, 3.8) is 0 Å². The summed E-state index contributed by atoms with van der Waals surface area (Å²) in [6.07, 6.45) is 6.68. The van der Waals surface area contributed by atoms with Crippen LogP contribution in [0.15, 0.2) is 47.5 Å². The van der Waals surface area contributed by atoms with Crippen LogP contribution in [0.3, 0.4) is 0 Å². The Bertz CT molecular complexity index is 912. The van der Waals surface area contributed by atoms with E-state index in [1.165, 1.54) is 43.2 Å². The lowest BCUT2D eigenvalue weighted by atomic mass is 9.84. The molecule has 0 aromatic heterocycles. The van der Waals surface area contributed by atoms with Crippen molar-refractivity contribution in [2.24, 2.45) is 10.7 Å². The van der Waals surface area contributed by atoms with Crippen LogP contribution in [-0.2, 0) is 6.54 Å². The molecule has 2 aliphatic rings. The number of nitrogens with two attached hydrogens (primary N) is 1. The van der Waals surface area contributed by atoms with Gasteiger partial charge in [0.1, 0.15) is 5.84 Å². The Morgan fingerprint density at radius 1 is 1.17 bits per heavy atom. The third-order valence-electron chi connectivity index (χ3n) is 5.58. The molecule has 0 amide bonds. The molecule has 0 saturated heterocycles. The highest BCUT2D eigenvalue weighted by molar-refractivity contribution is 6.30. The lowest BCUT2D eigenvalue weighted by Crippen LogP contribution is -2.27. The van der Waals surface area contributed by atoms with Gasteiger partial charge in [-0.15, -0.1) is 0 Å². The zero-order valence-electron chi connectivity index (χ0n) is 17.6. The quantitative estimate of drug-likeness (QED) is 0.702. The number of nitrogens with one attached hydrogen (secondary N) is 1. The predicted molar refractivity (Wildman–Crippen MR) is 125 cm³/mol. The number of hydrogen-bond donors (Lipinski definition) is 2. The molecule has 30 heavy (non-hydrogen) atoms. The Morgan fingerprint density at radius 2 is 1.97 bits per heavy atom. The van der Waals surface area contributed by atoms with Crippen molar-refractivity contribution < 1.29 is 0 Å². The maximum atomic E-state index is 8.81. The summed E-state index contributed by atoms with van der Waals surface area (Å²) in [6, 6.07) is 16.1. The third kappa shape index (κ3) is 6.30. The molecule has 6 heteroatoms. The normalized spacial score (nSPS) is 18.4. The van der Waals surface area contributed by atoms with Crippen LogP contribution in [0.4, 0.5) is 5.69 Å². The Labute approximate surface area is 184 Å². The van der Waals surface area contributed by atoms with Crippen molar-refractivity contribution in [3.05, 3.63) is 64.2 Å². The maximum absolute atomic E-state index is 8.81. The SMILES string of the molecule is CN1C/C(=N/CN)Nc2ccc(Cl)cc2C1.N#Cc1cccc(C2CCCCC2)c1. The van der Waals surface area contributed by atoms with Gasteiger partial charge < -0.3 is 11.1 Å². The summed E-state index contributed by atoms with van der Waals surface area (Å²) in [5.41, 5.74) is 9.83. The standard InChI is InChI=1S/C13H15N.C11H15ClN4/c14-10-11-5-4-8-13(9-11)12-6-2-1-3-7-12;1-16-5-8-4-9(12)2-3-10(8)15-11(6-16)14-7-13/h4-5,8-9,12H,1-3,6-7H2;2-4H,5-7,13H2,1H3,(H,14,15). The number of amidine groups is 1. The second kappa shape index (κ2) is 11.1. The Hall–Kier alpha value is -2.39. The fraction of sp³-hybridized carbons (Fsp3) is 0.417.